The van der Waals surface area contributed by atoms with Gasteiger partial charge < -0.3 is 5.32 Å². The third-order valence-corrected chi connectivity index (χ3v) is 2.99. The lowest BCUT2D eigenvalue weighted by Gasteiger charge is -2.24. The summed E-state index contributed by atoms with van der Waals surface area (Å²) in [5.74, 6) is -9.85. The number of hydrogen-bond donors (Lipinski definition) is 1. The molecule has 1 nitrogen and oxygen atoms in total. The first kappa shape index (κ1) is 12.3. The zero-order valence-corrected chi connectivity index (χ0v) is 8.80. The summed E-state index contributed by atoms with van der Waals surface area (Å²) in [5, 5.41) is 2.96. The molecule has 1 heterocycles. The quantitative estimate of drug-likeness (QED) is 0.460. The van der Waals surface area contributed by atoms with Gasteiger partial charge in [-0.15, -0.1) is 0 Å². The molecule has 6 heteroatoms. The second-order valence-corrected chi connectivity index (χ2v) is 4.01. The van der Waals surface area contributed by atoms with Crippen LogP contribution in [0.5, 0.6) is 0 Å². The SMILES string of the molecule is Fc1c(F)c(F)c(C2CCNCC2)c(F)c1F. The van der Waals surface area contributed by atoms with Crippen molar-refractivity contribution in [1.82, 2.24) is 5.32 Å². The van der Waals surface area contributed by atoms with Crippen molar-refractivity contribution in [2.45, 2.75) is 18.8 Å². The molecule has 94 valence electrons. The van der Waals surface area contributed by atoms with Crippen LogP contribution in [-0.4, -0.2) is 13.1 Å². The Kier molecular flexibility index (Phi) is 3.33. The molecular weight excluding hydrogens is 241 g/mol. The van der Waals surface area contributed by atoms with Crippen molar-refractivity contribution in [3.63, 3.8) is 0 Å². The summed E-state index contributed by atoms with van der Waals surface area (Å²) < 4.78 is 65.7. The standard InChI is InChI=1S/C11H10F5N/c12-7-6(5-1-3-17-4-2-5)8(13)10(15)11(16)9(7)14/h5,17H,1-4H2. The van der Waals surface area contributed by atoms with Crippen LogP contribution < -0.4 is 5.32 Å². The van der Waals surface area contributed by atoms with Crippen LogP contribution in [0.1, 0.15) is 24.3 Å². The van der Waals surface area contributed by atoms with E-state index in [9.17, 15) is 22.0 Å². The highest BCUT2D eigenvalue weighted by molar-refractivity contribution is 5.27. The Morgan fingerprint density at radius 2 is 1.12 bits per heavy atom. The van der Waals surface area contributed by atoms with Gasteiger partial charge in [0.2, 0.25) is 5.82 Å². The molecule has 2 rings (SSSR count). The molecule has 0 atom stereocenters. The first-order valence-corrected chi connectivity index (χ1v) is 5.26. The topological polar surface area (TPSA) is 12.0 Å². The van der Waals surface area contributed by atoms with E-state index >= 15 is 0 Å². The maximum Gasteiger partial charge on any atom is 0.200 e. The molecule has 0 aromatic heterocycles. The van der Waals surface area contributed by atoms with E-state index in [2.05, 4.69) is 5.32 Å². The van der Waals surface area contributed by atoms with Crippen LogP contribution in [0.15, 0.2) is 0 Å². The number of piperidine rings is 1. The lowest BCUT2D eigenvalue weighted by Crippen LogP contribution is -2.28. The average molecular weight is 251 g/mol. The van der Waals surface area contributed by atoms with Crippen molar-refractivity contribution >= 4 is 0 Å². The molecule has 0 radical (unpaired) electrons. The summed E-state index contributed by atoms with van der Waals surface area (Å²) in [4.78, 5) is 0. The van der Waals surface area contributed by atoms with Crippen LogP contribution in [0, 0.1) is 29.1 Å². The van der Waals surface area contributed by atoms with Crippen LogP contribution in [0.25, 0.3) is 0 Å². The predicted molar refractivity (Wildman–Crippen MR) is 51.1 cm³/mol. The van der Waals surface area contributed by atoms with Crippen molar-refractivity contribution < 1.29 is 22.0 Å². The first-order valence-electron chi connectivity index (χ1n) is 5.26. The van der Waals surface area contributed by atoms with Gasteiger partial charge in [0.15, 0.2) is 23.3 Å². The molecule has 0 saturated carbocycles. The van der Waals surface area contributed by atoms with Gasteiger partial charge in [-0.3, -0.25) is 0 Å². The highest BCUT2D eigenvalue weighted by atomic mass is 19.2. The summed E-state index contributed by atoms with van der Waals surface area (Å²) in [7, 11) is 0. The third-order valence-electron chi connectivity index (χ3n) is 2.99. The molecule has 0 aliphatic carbocycles. The monoisotopic (exact) mass is 251 g/mol. The van der Waals surface area contributed by atoms with Crippen LogP contribution in [-0.2, 0) is 0 Å². The molecule has 1 aromatic rings. The molecule has 0 spiro atoms. The third kappa shape index (κ3) is 2.01. The largest absolute Gasteiger partial charge is 0.317 e. The maximum atomic E-state index is 13.4. The van der Waals surface area contributed by atoms with Crippen molar-refractivity contribution in [3.05, 3.63) is 34.6 Å². The smallest absolute Gasteiger partial charge is 0.200 e. The van der Waals surface area contributed by atoms with E-state index in [1.165, 1.54) is 0 Å². The van der Waals surface area contributed by atoms with Gasteiger partial charge in [-0.2, -0.15) is 0 Å². The Balaban J connectivity index is 2.52. The van der Waals surface area contributed by atoms with E-state index in [-0.39, 0.29) is 0 Å². The van der Waals surface area contributed by atoms with E-state index in [1.54, 1.807) is 0 Å². The highest BCUT2D eigenvalue weighted by Crippen LogP contribution is 2.33. The molecular formula is C11H10F5N. The first-order chi connectivity index (χ1) is 8.04. The van der Waals surface area contributed by atoms with Gasteiger partial charge >= 0.3 is 0 Å². The molecule has 1 saturated heterocycles. The number of benzene rings is 1. The zero-order valence-electron chi connectivity index (χ0n) is 8.80. The highest BCUT2D eigenvalue weighted by Gasteiger charge is 2.30. The number of halogens is 5. The lowest BCUT2D eigenvalue weighted by molar-refractivity contribution is 0.350. The Hall–Kier alpha value is -1.17. The van der Waals surface area contributed by atoms with E-state index in [1.807, 2.05) is 0 Å². The molecule has 1 aliphatic rings. The van der Waals surface area contributed by atoms with Crippen molar-refractivity contribution in [1.29, 1.82) is 0 Å². The van der Waals surface area contributed by atoms with E-state index in [4.69, 9.17) is 0 Å². The van der Waals surface area contributed by atoms with E-state index in [0.29, 0.717) is 25.9 Å². The normalized spacial score (nSPS) is 17.5. The second kappa shape index (κ2) is 4.60. The minimum absolute atomic E-state index is 0.359. The van der Waals surface area contributed by atoms with Gasteiger partial charge in [0.1, 0.15) is 0 Å². The molecule has 1 aromatic carbocycles. The van der Waals surface area contributed by atoms with Crippen molar-refractivity contribution in [2.24, 2.45) is 0 Å². The number of rotatable bonds is 1. The van der Waals surface area contributed by atoms with Gasteiger partial charge in [-0.25, -0.2) is 22.0 Å². The minimum atomic E-state index is -2.10. The fourth-order valence-corrected chi connectivity index (χ4v) is 2.09. The summed E-state index contributed by atoms with van der Waals surface area (Å²) in [5.41, 5.74) is -0.678. The van der Waals surface area contributed by atoms with Gasteiger partial charge in [0, 0.05) is 5.56 Å². The molecule has 1 aliphatic heterocycles. The van der Waals surface area contributed by atoms with Crippen LogP contribution in [0.3, 0.4) is 0 Å². The fourth-order valence-electron chi connectivity index (χ4n) is 2.09. The van der Waals surface area contributed by atoms with Gasteiger partial charge in [-0.1, -0.05) is 0 Å². The van der Waals surface area contributed by atoms with Crippen LogP contribution in [0.4, 0.5) is 22.0 Å². The predicted octanol–water partition coefficient (Wildman–Crippen LogP) is 2.85. The summed E-state index contributed by atoms with van der Waals surface area (Å²) in [6.07, 6.45) is 0.719. The molecule has 0 amide bonds. The Labute approximate surface area is 94.6 Å². The van der Waals surface area contributed by atoms with Gasteiger partial charge in [0.05, 0.1) is 0 Å². The minimum Gasteiger partial charge on any atom is -0.317 e. The summed E-state index contributed by atoms with van der Waals surface area (Å²) in [6, 6.07) is 0. The van der Waals surface area contributed by atoms with Crippen molar-refractivity contribution in [2.75, 3.05) is 13.1 Å². The summed E-state index contributed by atoms with van der Waals surface area (Å²) >= 11 is 0. The van der Waals surface area contributed by atoms with E-state index < -0.39 is 40.6 Å². The zero-order chi connectivity index (χ0) is 12.6. The van der Waals surface area contributed by atoms with Crippen LogP contribution in [0.2, 0.25) is 0 Å². The van der Waals surface area contributed by atoms with Gasteiger partial charge in [-0.05, 0) is 31.8 Å². The molecule has 1 fully saturated rings. The molecule has 0 bridgehead atoms. The second-order valence-electron chi connectivity index (χ2n) is 4.01. The van der Waals surface area contributed by atoms with Crippen molar-refractivity contribution in [3.8, 4) is 0 Å². The van der Waals surface area contributed by atoms with Gasteiger partial charge in [0.25, 0.3) is 0 Å². The van der Waals surface area contributed by atoms with E-state index in [0.717, 1.165) is 0 Å². The Bertz CT molecular complexity index is 411. The fraction of sp³-hybridized carbons (Fsp3) is 0.455. The average Bonchev–Trinajstić information content (AvgIpc) is 2.36. The number of nitrogens with one attached hydrogen (secondary N) is 1. The lowest BCUT2D eigenvalue weighted by atomic mass is 9.89. The molecule has 1 N–H and O–H groups in total. The Morgan fingerprint density at radius 3 is 1.59 bits per heavy atom. The molecule has 17 heavy (non-hydrogen) atoms. The Morgan fingerprint density at radius 1 is 0.706 bits per heavy atom. The summed E-state index contributed by atoms with van der Waals surface area (Å²) in [6.45, 7) is 1.01. The van der Waals surface area contributed by atoms with Crippen LogP contribution >= 0.6 is 0 Å². The number of hydrogen-bond acceptors (Lipinski definition) is 1. The maximum absolute atomic E-state index is 13.4. The molecule has 0 unspecified atom stereocenters.